The Morgan fingerprint density at radius 2 is 1.88 bits per heavy atom. The third-order valence-corrected chi connectivity index (χ3v) is 4.13. The van der Waals surface area contributed by atoms with Crippen molar-refractivity contribution in [2.75, 3.05) is 0 Å². The number of hydrogen-bond acceptors (Lipinski definition) is 2. The zero-order chi connectivity index (χ0) is 11.4. The van der Waals surface area contributed by atoms with Gasteiger partial charge in [0, 0.05) is 26.4 Å². The molecule has 0 fully saturated rings. The molecule has 0 aliphatic carbocycles. The maximum Gasteiger partial charge on any atom is 0.136 e. The highest BCUT2D eigenvalue weighted by molar-refractivity contribution is 7.17. The highest BCUT2D eigenvalue weighted by Gasteiger charge is 2.11. The van der Waals surface area contributed by atoms with Crippen molar-refractivity contribution in [1.82, 2.24) is 4.98 Å². The molecule has 2 aromatic carbocycles. The van der Waals surface area contributed by atoms with E-state index < -0.39 is 0 Å². The second-order valence-corrected chi connectivity index (χ2v) is 5.06. The molecule has 4 rings (SSSR count). The average molecular weight is 239 g/mol. The lowest BCUT2D eigenvalue weighted by Gasteiger charge is -1.94. The number of rotatable bonds is 0. The summed E-state index contributed by atoms with van der Waals surface area (Å²) in [4.78, 5) is 3.39. The van der Waals surface area contributed by atoms with Crippen LogP contribution in [0.15, 0.2) is 41.8 Å². The molecule has 0 atom stereocenters. The van der Waals surface area contributed by atoms with Gasteiger partial charge in [-0.2, -0.15) is 0 Å². The van der Waals surface area contributed by atoms with Crippen molar-refractivity contribution in [3.05, 3.63) is 41.8 Å². The number of para-hydroxylation sites is 1. The molecule has 0 spiro atoms. The van der Waals surface area contributed by atoms with E-state index >= 15 is 0 Å². The first-order valence-corrected chi connectivity index (χ1v) is 6.32. The van der Waals surface area contributed by atoms with E-state index in [1.54, 1.807) is 16.7 Å². The van der Waals surface area contributed by atoms with Crippen molar-refractivity contribution in [2.24, 2.45) is 0 Å². The third kappa shape index (κ3) is 1.09. The van der Waals surface area contributed by atoms with Gasteiger partial charge in [-0.05, 0) is 12.1 Å². The molecule has 3 heteroatoms. The summed E-state index contributed by atoms with van der Waals surface area (Å²) < 4.78 is 1.11. The van der Waals surface area contributed by atoms with Crippen LogP contribution in [0.4, 0.5) is 0 Å². The largest absolute Gasteiger partial charge is 0.506 e. The zero-order valence-electron chi connectivity index (χ0n) is 8.90. The Morgan fingerprint density at radius 3 is 2.82 bits per heavy atom. The number of aromatic hydroxyl groups is 1. The molecule has 82 valence electrons. The van der Waals surface area contributed by atoms with Crippen molar-refractivity contribution in [2.45, 2.75) is 0 Å². The summed E-state index contributed by atoms with van der Waals surface area (Å²) in [7, 11) is 0. The molecule has 2 heterocycles. The van der Waals surface area contributed by atoms with Gasteiger partial charge in [0.2, 0.25) is 0 Å². The third-order valence-electron chi connectivity index (χ3n) is 3.20. The highest BCUT2D eigenvalue weighted by atomic mass is 32.1. The Bertz CT molecular complexity index is 856. The standard InChI is InChI=1S/C14H9NOS/c16-11-7-17-12-6-5-9-8-3-1-2-4-10(8)15-14(9)13(11)12/h1-7,15-16H. The smallest absolute Gasteiger partial charge is 0.136 e. The first-order chi connectivity index (χ1) is 8.34. The Morgan fingerprint density at radius 1 is 1.00 bits per heavy atom. The van der Waals surface area contributed by atoms with Crippen molar-refractivity contribution in [1.29, 1.82) is 0 Å². The van der Waals surface area contributed by atoms with Crippen LogP contribution in [0.1, 0.15) is 0 Å². The minimum atomic E-state index is 0.363. The molecular formula is C14H9NOS. The lowest BCUT2D eigenvalue weighted by Crippen LogP contribution is -1.69. The van der Waals surface area contributed by atoms with E-state index in [2.05, 4.69) is 29.2 Å². The molecule has 0 saturated carbocycles. The summed E-state index contributed by atoms with van der Waals surface area (Å²) in [6.45, 7) is 0. The normalized spacial score (nSPS) is 11.8. The zero-order valence-corrected chi connectivity index (χ0v) is 9.71. The van der Waals surface area contributed by atoms with Crippen LogP contribution in [-0.2, 0) is 0 Å². The Balaban J connectivity index is 2.37. The van der Waals surface area contributed by atoms with Crippen molar-refractivity contribution < 1.29 is 5.11 Å². The topological polar surface area (TPSA) is 36.0 Å². The molecule has 0 saturated heterocycles. The fourth-order valence-electron chi connectivity index (χ4n) is 2.43. The van der Waals surface area contributed by atoms with Crippen LogP contribution < -0.4 is 0 Å². The first-order valence-electron chi connectivity index (χ1n) is 5.44. The SMILES string of the molecule is Oc1csc2ccc3c4ccccc4[nH]c3c12. The monoisotopic (exact) mass is 239 g/mol. The molecule has 17 heavy (non-hydrogen) atoms. The van der Waals surface area contributed by atoms with Gasteiger partial charge in [-0.3, -0.25) is 0 Å². The maximum atomic E-state index is 9.92. The number of aromatic nitrogens is 1. The minimum absolute atomic E-state index is 0.363. The van der Waals surface area contributed by atoms with Crippen molar-refractivity contribution in [3.8, 4) is 5.75 Å². The predicted molar refractivity (Wildman–Crippen MR) is 72.9 cm³/mol. The molecule has 0 unspecified atom stereocenters. The Kier molecular flexibility index (Phi) is 1.61. The molecule has 0 aliphatic rings. The molecular weight excluding hydrogens is 230 g/mol. The lowest BCUT2D eigenvalue weighted by molar-refractivity contribution is 0.484. The minimum Gasteiger partial charge on any atom is -0.506 e. The number of H-pyrrole nitrogens is 1. The van der Waals surface area contributed by atoms with Crippen LogP contribution >= 0.6 is 11.3 Å². The van der Waals surface area contributed by atoms with Gasteiger partial charge >= 0.3 is 0 Å². The lowest BCUT2D eigenvalue weighted by atomic mass is 10.1. The fraction of sp³-hybridized carbons (Fsp3) is 0. The van der Waals surface area contributed by atoms with Gasteiger partial charge in [-0.15, -0.1) is 11.3 Å². The van der Waals surface area contributed by atoms with Crippen LogP contribution in [0.2, 0.25) is 0 Å². The van der Waals surface area contributed by atoms with Gasteiger partial charge in [-0.1, -0.05) is 24.3 Å². The fourth-order valence-corrected chi connectivity index (χ4v) is 3.26. The number of fused-ring (bicyclic) bond motifs is 5. The Labute approximate surface area is 101 Å². The summed E-state index contributed by atoms with van der Waals surface area (Å²) in [5.74, 6) is 0.363. The van der Waals surface area contributed by atoms with E-state index in [9.17, 15) is 5.11 Å². The van der Waals surface area contributed by atoms with Gasteiger partial charge in [-0.25, -0.2) is 0 Å². The quantitative estimate of drug-likeness (QED) is 0.473. The molecule has 0 amide bonds. The molecule has 2 N–H and O–H groups in total. The maximum absolute atomic E-state index is 9.92. The first kappa shape index (κ1) is 9.07. The van der Waals surface area contributed by atoms with E-state index in [4.69, 9.17) is 0 Å². The predicted octanol–water partition coefficient (Wildman–Crippen LogP) is 4.24. The van der Waals surface area contributed by atoms with E-state index in [-0.39, 0.29) is 0 Å². The molecule has 0 radical (unpaired) electrons. The molecule has 0 aliphatic heterocycles. The van der Waals surface area contributed by atoms with Gasteiger partial charge < -0.3 is 10.1 Å². The second-order valence-electron chi connectivity index (χ2n) is 4.15. The summed E-state index contributed by atoms with van der Waals surface area (Å²) in [5, 5.41) is 15.0. The second kappa shape index (κ2) is 3.02. The molecule has 2 nitrogen and oxygen atoms in total. The number of benzene rings is 2. The number of aromatic amines is 1. The molecule has 0 bridgehead atoms. The van der Waals surface area contributed by atoms with Crippen LogP contribution in [0, 0.1) is 0 Å². The summed E-state index contributed by atoms with van der Waals surface area (Å²) >= 11 is 1.57. The van der Waals surface area contributed by atoms with Gasteiger partial charge in [0.05, 0.1) is 10.9 Å². The van der Waals surface area contributed by atoms with Gasteiger partial charge in [0.15, 0.2) is 0 Å². The summed E-state index contributed by atoms with van der Waals surface area (Å²) in [5.41, 5.74) is 2.14. The van der Waals surface area contributed by atoms with E-state index in [1.165, 1.54) is 10.8 Å². The summed E-state index contributed by atoms with van der Waals surface area (Å²) in [6.07, 6.45) is 0. The van der Waals surface area contributed by atoms with Crippen molar-refractivity contribution >= 4 is 43.2 Å². The Hall–Kier alpha value is -2.00. The summed E-state index contributed by atoms with van der Waals surface area (Å²) in [6, 6.07) is 12.4. The average Bonchev–Trinajstić information content (AvgIpc) is 2.90. The molecule has 2 aromatic heterocycles. The molecule has 4 aromatic rings. The number of hydrogen-bond donors (Lipinski definition) is 2. The van der Waals surface area contributed by atoms with Crippen LogP contribution in [0.25, 0.3) is 31.9 Å². The van der Waals surface area contributed by atoms with Crippen LogP contribution in [-0.4, -0.2) is 10.1 Å². The highest BCUT2D eigenvalue weighted by Crippen LogP contribution is 2.38. The van der Waals surface area contributed by atoms with E-state index in [0.29, 0.717) is 5.75 Å². The van der Waals surface area contributed by atoms with Gasteiger partial charge in [0.1, 0.15) is 5.75 Å². The van der Waals surface area contributed by atoms with Gasteiger partial charge in [0.25, 0.3) is 0 Å². The van der Waals surface area contributed by atoms with Crippen molar-refractivity contribution in [3.63, 3.8) is 0 Å². The van der Waals surface area contributed by atoms with E-state index in [0.717, 1.165) is 21.1 Å². The van der Waals surface area contributed by atoms with E-state index in [1.807, 2.05) is 12.1 Å². The number of nitrogens with one attached hydrogen (secondary N) is 1. The number of thiophene rings is 1. The van der Waals surface area contributed by atoms with Crippen LogP contribution in [0.5, 0.6) is 5.75 Å². The van der Waals surface area contributed by atoms with Crippen LogP contribution in [0.3, 0.4) is 0 Å².